The first-order valence-corrected chi connectivity index (χ1v) is 6.42. The van der Waals surface area contributed by atoms with Crippen molar-refractivity contribution in [3.05, 3.63) is 0 Å². The maximum Gasteiger partial charge on any atom is 0.409 e. The molecule has 1 rings (SSSR count). The van der Waals surface area contributed by atoms with Gasteiger partial charge in [-0.15, -0.1) is 0 Å². The minimum Gasteiger partial charge on any atom is -0.450 e. The molecule has 1 atom stereocenters. The minimum absolute atomic E-state index is 0.0411. The van der Waals surface area contributed by atoms with Gasteiger partial charge in [0.2, 0.25) is 5.91 Å². The van der Waals surface area contributed by atoms with Crippen LogP contribution < -0.4 is 0 Å². The summed E-state index contributed by atoms with van der Waals surface area (Å²) in [5.74, 6) is 0.0411. The standard InChI is InChI=1S/C12H22N2O4/c1-3-18-12(17)14-8-6-13(7-9-14)11(16)5-4-10(2)15/h10,15H,3-9H2,1-2H3. The van der Waals surface area contributed by atoms with Gasteiger partial charge in [0, 0.05) is 32.6 Å². The van der Waals surface area contributed by atoms with E-state index < -0.39 is 6.10 Å². The van der Waals surface area contributed by atoms with E-state index in [1.54, 1.807) is 23.6 Å². The summed E-state index contributed by atoms with van der Waals surface area (Å²) in [6, 6.07) is 0. The third-order valence-electron chi connectivity index (χ3n) is 2.93. The third kappa shape index (κ3) is 4.52. The maximum atomic E-state index is 11.8. The predicted molar refractivity (Wildman–Crippen MR) is 66.1 cm³/mol. The van der Waals surface area contributed by atoms with E-state index in [0.717, 1.165) is 0 Å². The summed E-state index contributed by atoms with van der Waals surface area (Å²) in [5.41, 5.74) is 0. The summed E-state index contributed by atoms with van der Waals surface area (Å²) in [6.45, 7) is 5.92. The van der Waals surface area contributed by atoms with Crippen LogP contribution in [0, 0.1) is 0 Å². The highest BCUT2D eigenvalue weighted by atomic mass is 16.6. The number of rotatable bonds is 4. The molecule has 0 aromatic heterocycles. The second-order valence-electron chi connectivity index (χ2n) is 4.45. The molecule has 0 bridgehead atoms. The van der Waals surface area contributed by atoms with Crippen molar-refractivity contribution in [2.75, 3.05) is 32.8 Å². The van der Waals surface area contributed by atoms with Crippen LogP contribution >= 0.6 is 0 Å². The zero-order valence-electron chi connectivity index (χ0n) is 11.1. The van der Waals surface area contributed by atoms with Gasteiger partial charge in [0.25, 0.3) is 0 Å². The lowest BCUT2D eigenvalue weighted by Gasteiger charge is -2.34. The lowest BCUT2D eigenvalue weighted by molar-refractivity contribution is -0.133. The Kier molecular flexibility index (Phi) is 5.91. The van der Waals surface area contributed by atoms with E-state index in [2.05, 4.69) is 0 Å². The molecule has 0 saturated carbocycles. The quantitative estimate of drug-likeness (QED) is 0.794. The molecule has 1 heterocycles. The zero-order valence-corrected chi connectivity index (χ0v) is 11.1. The summed E-state index contributed by atoms with van der Waals surface area (Å²) >= 11 is 0. The summed E-state index contributed by atoms with van der Waals surface area (Å²) in [5, 5.41) is 9.13. The highest BCUT2D eigenvalue weighted by Crippen LogP contribution is 2.07. The van der Waals surface area contributed by atoms with E-state index in [1.807, 2.05) is 0 Å². The van der Waals surface area contributed by atoms with Crippen molar-refractivity contribution in [1.82, 2.24) is 9.80 Å². The molecule has 0 spiro atoms. The highest BCUT2D eigenvalue weighted by molar-refractivity contribution is 5.76. The molecule has 1 saturated heterocycles. The van der Waals surface area contributed by atoms with Gasteiger partial charge in [-0.05, 0) is 20.3 Å². The number of nitrogens with zero attached hydrogens (tertiary/aromatic N) is 2. The van der Waals surface area contributed by atoms with Gasteiger partial charge in [0.1, 0.15) is 0 Å². The van der Waals surface area contributed by atoms with Crippen molar-refractivity contribution < 1.29 is 19.4 Å². The van der Waals surface area contributed by atoms with Crippen LogP contribution in [0.2, 0.25) is 0 Å². The molecule has 1 N–H and O–H groups in total. The van der Waals surface area contributed by atoms with Crippen LogP contribution in [0.25, 0.3) is 0 Å². The van der Waals surface area contributed by atoms with E-state index >= 15 is 0 Å². The fraction of sp³-hybridized carbons (Fsp3) is 0.833. The van der Waals surface area contributed by atoms with Gasteiger partial charge in [-0.1, -0.05) is 0 Å². The van der Waals surface area contributed by atoms with Crippen molar-refractivity contribution in [2.45, 2.75) is 32.8 Å². The Morgan fingerprint density at radius 1 is 1.22 bits per heavy atom. The molecule has 6 nitrogen and oxygen atoms in total. The third-order valence-corrected chi connectivity index (χ3v) is 2.93. The van der Waals surface area contributed by atoms with Crippen LogP contribution in [0.4, 0.5) is 4.79 Å². The number of carbonyl (C=O) groups is 2. The van der Waals surface area contributed by atoms with Crippen molar-refractivity contribution in [3.63, 3.8) is 0 Å². The van der Waals surface area contributed by atoms with E-state index in [9.17, 15) is 9.59 Å². The van der Waals surface area contributed by atoms with E-state index in [1.165, 1.54) is 0 Å². The number of aliphatic hydroxyl groups is 1. The first-order valence-electron chi connectivity index (χ1n) is 6.42. The number of aliphatic hydroxyl groups excluding tert-OH is 1. The first-order chi connectivity index (χ1) is 8.54. The predicted octanol–water partition coefficient (Wildman–Crippen LogP) is 0.448. The van der Waals surface area contributed by atoms with E-state index in [0.29, 0.717) is 45.6 Å². The summed E-state index contributed by atoms with van der Waals surface area (Å²) < 4.78 is 4.91. The first kappa shape index (κ1) is 14.8. The summed E-state index contributed by atoms with van der Waals surface area (Å²) in [6.07, 6.45) is 0.0805. The molecule has 0 radical (unpaired) electrons. The van der Waals surface area contributed by atoms with Crippen LogP contribution in [-0.2, 0) is 9.53 Å². The lowest BCUT2D eigenvalue weighted by Crippen LogP contribution is -2.50. The summed E-state index contributed by atoms with van der Waals surface area (Å²) in [7, 11) is 0. The normalized spacial score (nSPS) is 17.5. The number of ether oxygens (including phenoxy) is 1. The van der Waals surface area contributed by atoms with Crippen molar-refractivity contribution in [3.8, 4) is 0 Å². The Hall–Kier alpha value is -1.30. The zero-order chi connectivity index (χ0) is 13.5. The Labute approximate surface area is 107 Å². The average Bonchev–Trinajstić information content (AvgIpc) is 2.36. The van der Waals surface area contributed by atoms with Gasteiger partial charge < -0.3 is 19.6 Å². The highest BCUT2D eigenvalue weighted by Gasteiger charge is 2.24. The van der Waals surface area contributed by atoms with Crippen LogP contribution in [0.3, 0.4) is 0 Å². The molecular weight excluding hydrogens is 236 g/mol. The average molecular weight is 258 g/mol. The Bertz CT molecular complexity index is 286. The number of hydrogen-bond acceptors (Lipinski definition) is 4. The molecule has 1 unspecified atom stereocenters. The Morgan fingerprint density at radius 3 is 2.28 bits per heavy atom. The minimum atomic E-state index is -0.449. The molecule has 1 aliphatic heterocycles. The molecule has 18 heavy (non-hydrogen) atoms. The molecule has 0 aliphatic carbocycles. The molecule has 1 aliphatic rings. The van der Waals surface area contributed by atoms with Gasteiger partial charge >= 0.3 is 6.09 Å². The van der Waals surface area contributed by atoms with Crippen LogP contribution in [0.1, 0.15) is 26.7 Å². The number of piperazine rings is 1. The number of hydrogen-bond donors (Lipinski definition) is 1. The maximum absolute atomic E-state index is 11.8. The van der Waals surface area contributed by atoms with Gasteiger partial charge in [-0.2, -0.15) is 0 Å². The molecule has 104 valence electrons. The van der Waals surface area contributed by atoms with Crippen molar-refractivity contribution >= 4 is 12.0 Å². The second-order valence-corrected chi connectivity index (χ2v) is 4.45. The lowest BCUT2D eigenvalue weighted by atomic mass is 10.2. The number of amides is 2. The van der Waals surface area contributed by atoms with Gasteiger partial charge in [-0.25, -0.2) is 4.79 Å². The SMILES string of the molecule is CCOC(=O)N1CCN(C(=O)CCC(C)O)CC1. The monoisotopic (exact) mass is 258 g/mol. The molecule has 6 heteroatoms. The van der Waals surface area contributed by atoms with Crippen LogP contribution in [0.15, 0.2) is 0 Å². The molecule has 1 fully saturated rings. The Balaban J connectivity index is 2.30. The second kappa shape index (κ2) is 7.20. The number of carbonyl (C=O) groups excluding carboxylic acids is 2. The van der Waals surface area contributed by atoms with Crippen LogP contribution in [-0.4, -0.2) is 65.8 Å². The van der Waals surface area contributed by atoms with Crippen LogP contribution in [0.5, 0.6) is 0 Å². The van der Waals surface area contributed by atoms with Crippen molar-refractivity contribution in [2.24, 2.45) is 0 Å². The Morgan fingerprint density at radius 2 is 1.78 bits per heavy atom. The van der Waals surface area contributed by atoms with Gasteiger partial charge in [0.15, 0.2) is 0 Å². The smallest absolute Gasteiger partial charge is 0.409 e. The fourth-order valence-corrected chi connectivity index (χ4v) is 1.84. The topological polar surface area (TPSA) is 70.1 Å². The van der Waals surface area contributed by atoms with Gasteiger partial charge in [0.05, 0.1) is 12.7 Å². The van der Waals surface area contributed by atoms with Crippen molar-refractivity contribution in [1.29, 1.82) is 0 Å². The largest absolute Gasteiger partial charge is 0.450 e. The van der Waals surface area contributed by atoms with Gasteiger partial charge in [-0.3, -0.25) is 4.79 Å². The molecule has 0 aromatic carbocycles. The molecule has 0 aromatic rings. The molecular formula is C12H22N2O4. The fourth-order valence-electron chi connectivity index (χ4n) is 1.84. The summed E-state index contributed by atoms with van der Waals surface area (Å²) in [4.78, 5) is 26.6. The molecule has 2 amide bonds. The van der Waals surface area contributed by atoms with E-state index in [4.69, 9.17) is 9.84 Å². The van der Waals surface area contributed by atoms with E-state index in [-0.39, 0.29) is 12.0 Å².